The quantitative estimate of drug-likeness (QED) is 0.709. The normalized spacial score (nSPS) is 13.7. The summed E-state index contributed by atoms with van der Waals surface area (Å²) >= 11 is 0. The van der Waals surface area contributed by atoms with Crippen molar-refractivity contribution in [1.82, 2.24) is 10.2 Å². The van der Waals surface area contributed by atoms with E-state index < -0.39 is 23.5 Å². The summed E-state index contributed by atoms with van der Waals surface area (Å²) in [4.78, 5) is 37.3. The summed E-state index contributed by atoms with van der Waals surface area (Å²) in [6.07, 6.45) is -0.610. The molecular weight excluding hydrogens is 396 g/mol. The van der Waals surface area contributed by atoms with Crippen LogP contribution in [0.3, 0.4) is 0 Å². The first kappa shape index (κ1) is 22.3. The largest absolute Gasteiger partial charge is 0.480 e. The number of rotatable bonds is 7. The molecule has 2 amide bonds. The van der Waals surface area contributed by atoms with Crippen molar-refractivity contribution < 1.29 is 24.2 Å². The van der Waals surface area contributed by atoms with Crippen LogP contribution < -0.4 is 5.32 Å². The van der Waals surface area contributed by atoms with E-state index in [0.717, 1.165) is 22.3 Å². The van der Waals surface area contributed by atoms with E-state index in [1.165, 1.54) is 25.8 Å². The van der Waals surface area contributed by atoms with Crippen molar-refractivity contribution in [2.75, 3.05) is 20.2 Å². The summed E-state index contributed by atoms with van der Waals surface area (Å²) < 4.78 is 5.47. The second-order valence-corrected chi connectivity index (χ2v) is 8.37. The molecule has 1 atom stereocenters. The van der Waals surface area contributed by atoms with Crippen LogP contribution in [0, 0.1) is 5.92 Å². The number of likely N-dealkylation sites (N-methyl/N-ethyl adjacent to an activating group) is 1. The number of carbonyl (C=O) groups is 3. The first-order valence-corrected chi connectivity index (χ1v) is 10.2. The monoisotopic (exact) mass is 424 g/mol. The van der Waals surface area contributed by atoms with Crippen molar-refractivity contribution in [1.29, 1.82) is 0 Å². The number of ether oxygens (including phenoxy) is 1. The van der Waals surface area contributed by atoms with E-state index in [2.05, 4.69) is 17.4 Å². The van der Waals surface area contributed by atoms with Gasteiger partial charge in [-0.05, 0) is 36.1 Å². The number of carboxylic acids is 1. The number of fused-ring (bicyclic) bond motifs is 3. The SMILES string of the molecule is CC(CNC(=O)OCC1c2ccccc2-c2ccccc21)C(=O)N(C)C(C)(C)C(=O)O. The smallest absolute Gasteiger partial charge is 0.407 e. The van der Waals surface area contributed by atoms with Crippen molar-refractivity contribution >= 4 is 18.0 Å². The summed E-state index contributed by atoms with van der Waals surface area (Å²) in [5, 5.41) is 11.9. The van der Waals surface area contributed by atoms with Gasteiger partial charge in [0, 0.05) is 19.5 Å². The summed E-state index contributed by atoms with van der Waals surface area (Å²) in [7, 11) is 1.44. The molecule has 0 bridgehead atoms. The number of hydrogen-bond acceptors (Lipinski definition) is 4. The number of amides is 2. The lowest BCUT2D eigenvalue weighted by Gasteiger charge is -2.33. The van der Waals surface area contributed by atoms with Gasteiger partial charge in [0.2, 0.25) is 5.91 Å². The number of nitrogens with zero attached hydrogens (tertiary/aromatic N) is 1. The third-order valence-electron chi connectivity index (χ3n) is 6.01. The van der Waals surface area contributed by atoms with Gasteiger partial charge >= 0.3 is 12.1 Å². The molecule has 1 aliphatic carbocycles. The van der Waals surface area contributed by atoms with Gasteiger partial charge < -0.3 is 20.1 Å². The van der Waals surface area contributed by atoms with Crippen molar-refractivity contribution in [3.05, 3.63) is 59.7 Å². The molecular formula is C24H28N2O5. The number of hydrogen-bond donors (Lipinski definition) is 2. The highest BCUT2D eigenvalue weighted by Gasteiger charge is 2.37. The molecule has 31 heavy (non-hydrogen) atoms. The van der Waals surface area contributed by atoms with Gasteiger partial charge in [0.25, 0.3) is 0 Å². The van der Waals surface area contributed by atoms with Gasteiger partial charge in [-0.3, -0.25) is 4.79 Å². The summed E-state index contributed by atoms with van der Waals surface area (Å²) in [6.45, 7) is 4.79. The second-order valence-electron chi connectivity index (χ2n) is 8.37. The number of carboxylic acid groups (broad SMARTS) is 1. The Morgan fingerprint density at radius 2 is 1.58 bits per heavy atom. The van der Waals surface area contributed by atoms with Gasteiger partial charge in [0.1, 0.15) is 12.1 Å². The van der Waals surface area contributed by atoms with Crippen molar-refractivity contribution in [2.45, 2.75) is 32.2 Å². The molecule has 7 heteroatoms. The molecule has 2 aromatic carbocycles. The van der Waals surface area contributed by atoms with Crippen molar-refractivity contribution in [2.24, 2.45) is 5.92 Å². The van der Waals surface area contributed by atoms with Crippen LogP contribution in [-0.4, -0.2) is 53.7 Å². The second kappa shape index (κ2) is 8.79. The molecule has 0 spiro atoms. The van der Waals surface area contributed by atoms with Gasteiger partial charge in [-0.2, -0.15) is 0 Å². The van der Waals surface area contributed by atoms with E-state index in [1.54, 1.807) is 6.92 Å². The third kappa shape index (κ3) is 4.40. The molecule has 0 radical (unpaired) electrons. The van der Waals surface area contributed by atoms with E-state index in [9.17, 15) is 19.5 Å². The number of carbonyl (C=O) groups excluding carboxylic acids is 2. The molecule has 0 heterocycles. The lowest BCUT2D eigenvalue weighted by molar-refractivity contribution is -0.156. The Labute approximate surface area is 182 Å². The lowest BCUT2D eigenvalue weighted by Crippen LogP contribution is -2.53. The number of nitrogens with one attached hydrogen (secondary N) is 1. The third-order valence-corrected chi connectivity index (χ3v) is 6.01. The summed E-state index contributed by atoms with van der Waals surface area (Å²) in [5.41, 5.74) is 3.20. The van der Waals surface area contributed by atoms with E-state index in [-0.39, 0.29) is 25.0 Å². The van der Waals surface area contributed by atoms with Crippen molar-refractivity contribution in [3.8, 4) is 11.1 Å². The predicted molar refractivity (Wildman–Crippen MR) is 117 cm³/mol. The highest BCUT2D eigenvalue weighted by atomic mass is 16.5. The predicted octanol–water partition coefficient (Wildman–Crippen LogP) is 3.48. The fourth-order valence-electron chi connectivity index (χ4n) is 3.72. The maximum atomic E-state index is 12.5. The van der Waals surface area contributed by atoms with E-state index >= 15 is 0 Å². The van der Waals surface area contributed by atoms with Crippen LogP contribution in [0.5, 0.6) is 0 Å². The van der Waals surface area contributed by atoms with Gasteiger partial charge in [-0.25, -0.2) is 9.59 Å². The van der Waals surface area contributed by atoms with Crippen LogP contribution >= 0.6 is 0 Å². The van der Waals surface area contributed by atoms with Crippen LogP contribution in [-0.2, 0) is 14.3 Å². The summed E-state index contributed by atoms with van der Waals surface area (Å²) in [5.74, 6) is -2.10. The molecule has 164 valence electrons. The molecule has 0 saturated heterocycles. The zero-order chi connectivity index (χ0) is 22.8. The number of alkyl carbamates (subject to hydrolysis) is 1. The van der Waals surface area contributed by atoms with Crippen LogP contribution in [0.4, 0.5) is 4.79 Å². The minimum atomic E-state index is -1.34. The van der Waals surface area contributed by atoms with Crippen LogP contribution in [0.2, 0.25) is 0 Å². The average molecular weight is 424 g/mol. The molecule has 0 aliphatic heterocycles. The highest BCUT2D eigenvalue weighted by molar-refractivity contribution is 5.87. The molecule has 1 unspecified atom stereocenters. The topological polar surface area (TPSA) is 95.9 Å². The average Bonchev–Trinajstić information content (AvgIpc) is 3.08. The van der Waals surface area contributed by atoms with E-state index in [4.69, 9.17) is 4.74 Å². The molecule has 0 aromatic heterocycles. The Hall–Kier alpha value is -3.35. The Morgan fingerprint density at radius 1 is 1.06 bits per heavy atom. The zero-order valence-electron chi connectivity index (χ0n) is 18.2. The first-order chi connectivity index (χ1) is 14.6. The Balaban J connectivity index is 1.57. The number of benzene rings is 2. The molecule has 0 fully saturated rings. The fraction of sp³-hybridized carbons (Fsp3) is 0.375. The van der Waals surface area contributed by atoms with Crippen molar-refractivity contribution in [3.63, 3.8) is 0 Å². The number of aliphatic carboxylic acids is 1. The molecule has 2 N–H and O–H groups in total. The minimum absolute atomic E-state index is 0.0419. The Bertz CT molecular complexity index is 955. The van der Waals surface area contributed by atoms with Crippen LogP contribution in [0.15, 0.2) is 48.5 Å². The molecule has 2 aromatic rings. The molecule has 7 nitrogen and oxygen atoms in total. The minimum Gasteiger partial charge on any atom is -0.480 e. The van der Waals surface area contributed by atoms with E-state index in [1.807, 2.05) is 36.4 Å². The van der Waals surface area contributed by atoms with Crippen LogP contribution in [0.1, 0.15) is 37.8 Å². The standard InChI is InChI=1S/C24H28N2O5/c1-15(21(27)26(4)24(2,3)22(28)29)13-25-23(30)31-14-20-18-11-7-5-9-16(18)17-10-6-8-12-19(17)20/h5-12,15,20H,13-14H2,1-4H3,(H,25,30)(H,28,29). The maximum Gasteiger partial charge on any atom is 0.407 e. The molecule has 3 rings (SSSR count). The Morgan fingerprint density at radius 3 is 2.10 bits per heavy atom. The van der Waals surface area contributed by atoms with E-state index in [0.29, 0.717) is 0 Å². The fourth-order valence-corrected chi connectivity index (χ4v) is 3.72. The van der Waals surface area contributed by atoms with Gasteiger partial charge in [0.15, 0.2) is 0 Å². The van der Waals surface area contributed by atoms with Gasteiger partial charge in [-0.15, -0.1) is 0 Å². The molecule has 0 saturated carbocycles. The maximum absolute atomic E-state index is 12.5. The molecule has 1 aliphatic rings. The van der Waals surface area contributed by atoms with Gasteiger partial charge in [0.05, 0.1) is 5.92 Å². The first-order valence-electron chi connectivity index (χ1n) is 10.2. The summed E-state index contributed by atoms with van der Waals surface area (Å²) in [6, 6.07) is 16.1. The Kier molecular flexibility index (Phi) is 6.34. The highest BCUT2D eigenvalue weighted by Crippen LogP contribution is 2.44. The van der Waals surface area contributed by atoms with Crippen LogP contribution in [0.25, 0.3) is 11.1 Å². The van der Waals surface area contributed by atoms with Gasteiger partial charge in [-0.1, -0.05) is 55.5 Å². The zero-order valence-corrected chi connectivity index (χ0v) is 18.2. The lowest BCUT2D eigenvalue weighted by atomic mass is 9.98.